The molecule has 2 N–H and O–H groups in total. The molecule has 116 valence electrons. The van der Waals surface area contributed by atoms with Gasteiger partial charge >= 0.3 is 0 Å². The molecule has 0 saturated carbocycles. The van der Waals surface area contributed by atoms with Gasteiger partial charge in [-0.15, -0.1) is 0 Å². The summed E-state index contributed by atoms with van der Waals surface area (Å²) >= 11 is 0. The second kappa shape index (κ2) is 6.34. The van der Waals surface area contributed by atoms with Gasteiger partial charge in [-0.25, -0.2) is 9.97 Å². The monoisotopic (exact) mass is 296 g/mol. The number of hydrogen-bond acceptors (Lipinski definition) is 3. The first kappa shape index (κ1) is 14.8. The molecule has 0 saturated heterocycles. The summed E-state index contributed by atoms with van der Waals surface area (Å²) in [6.07, 6.45) is 5.65. The maximum absolute atomic E-state index is 6.17. The van der Waals surface area contributed by atoms with Crippen LogP contribution in [0.5, 0.6) is 0 Å². The van der Waals surface area contributed by atoms with E-state index in [0.29, 0.717) is 5.82 Å². The average Bonchev–Trinajstić information content (AvgIpc) is 2.90. The lowest BCUT2D eigenvalue weighted by Gasteiger charge is -2.10. The van der Waals surface area contributed by atoms with Gasteiger partial charge in [-0.05, 0) is 18.9 Å². The van der Waals surface area contributed by atoms with E-state index in [1.165, 1.54) is 12.8 Å². The van der Waals surface area contributed by atoms with Crippen LogP contribution in [0.3, 0.4) is 0 Å². The number of anilines is 1. The van der Waals surface area contributed by atoms with Gasteiger partial charge in [0.2, 0.25) is 0 Å². The standard InChI is InChI=1S/C18H24N4/c1-3-5-11-15-21-16-17(22(15)12-6-4-2)13-9-7-8-10-14(13)20-18(16)19/h7-10H,3-6,11-12H2,1-2H3,(H2,19,20). The van der Waals surface area contributed by atoms with Crippen molar-refractivity contribution >= 4 is 27.8 Å². The van der Waals surface area contributed by atoms with Crippen molar-refractivity contribution in [2.24, 2.45) is 0 Å². The molecule has 0 atom stereocenters. The second-order valence-corrected chi connectivity index (χ2v) is 5.85. The molecule has 0 radical (unpaired) electrons. The highest BCUT2D eigenvalue weighted by Crippen LogP contribution is 2.29. The minimum atomic E-state index is 0.543. The molecule has 3 rings (SSSR count). The van der Waals surface area contributed by atoms with Crippen molar-refractivity contribution in [3.8, 4) is 0 Å². The van der Waals surface area contributed by atoms with Crippen LogP contribution in [-0.4, -0.2) is 14.5 Å². The Kier molecular flexibility index (Phi) is 4.27. The Morgan fingerprint density at radius 2 is 1.82 bits per heavy atom. The number of aryl methyl sites for hydroxylation is 2. The summed E-state index contributed by atoms with van der Waals surface area (Å²) in [6, 6.07) is 8.21. The molecule has 0 spiro atoms. The third-order valence-electron chi connectivity index (χ3n) is 4.18. The topological polar surface area (TPSA) is 56.7 Å². The van der Waals surface area contributed by atoms with Crippen LogP contribution in [0.2, 0.25) is 0 Å². The number of para-hydroxylation sites is 1. The van der Waals surface area contributed by atoms with E-state index in [1.54, 1.807) is 0 Å². The van der Waals surface area contributed by atoms with E-state index in [9.17, 15) is 0 Å². The van der Waals surface area contributed by atoms with E-state index < -0.39 is 0 Å². The first-order valence-electron chi connectivity index (χ1n) is 8.29. The Balaban J connectivity index is 2.27. The fourth-order valence-corrected chi connectivity index (χ4v) is 2.99. The Hall–Kier alpha value is -2.10. The first-order chi connectivity index (χ1) is 10.8. The molecule has 1 aromatic carbocycles. The number of nitrogens with zero attached hydrogens (tertiary/aromatic N) is 3. The smallest absolute Gasteiger partial charge is 0.152 e. The zero-order valence-corrected chi connectivity index (χ0v) is 13.5. The van der Waals surface area contributed by atoms with Gasteiger partial charge in [-0.2, -0.15) is 0 Å². The van der Waals surface area contributed by atoms with Gasteiger partial charge in [0.05, 0.1) is 11.0 Å². The lowest BCUT2D eigenvalue weighted by Crippen LogP contribution is -2.04. The predicted octanol–water partition coefficient (Wildman–Crippen LogP) is 4.31. The van der Waals surface area contributed by atoms with Crippen LogP contribution >= 0.6 is 0 Å². The van der Waals surface area contributed by atoms with Crippen LogP contribution in [0.25, 0.3) is 21.9 Å². The number of aromatic nitrogens is 3. The van der Waals surface area contributed by atoms with E-state index in [1.807, 2.05) is 12.1 Å². The third kappa shape index (κ3) is 2.54. The third-order valence-corrected chi connectivity index (χ3v) is 4.18. The van der Waals surface area contributed by atoms with E-state index >= 15 is 0 Å². The average molecular weight is 296 g/mol. The molecule has 22 heavy (non-hydrogen) atoms. The number of fused-ring (bicyclic) bond motifs is 3. The summed E-state index contributed by atoms with van der Waals surface area (Å²) in [5.41, 5.74) is 9.14. The van der Waals surface area contributed by atoms with Gasteiger partial charge in [-0.1, -0.05) is 44.9 Å². The summed E-state index contributed by atoms with van der Waals surface area (Å²) in [6.45, 7) is 5.43. The van der Waals surface area contributed by atoms with Gasteiger partial charge < -0.3 is 10.3 Å². The SMILES string of the molecule is CCCCc1nc2c(N)nc3ccccc3c2n1CCCC. The van der Waals surface area contributed by atoms with Crippen LogP contribution in [-0.2, 0) is 13.0 Å². The van der Waals surface area contributed by atoms with Crippen molar-refractivity contribution in [1.29, 1.82) is 0 Å². The maximum atomic E-state index is 6.17. The summed E-state index contributed by atoms with van der Waals surface area (Å²) in [5, 5.41) is 1.15. The van der Waals surface area contributed by atoms with Gasteiger partial charge in [-0.3, -0.25) is 0 Å². The normalized spacial score (nSPS) is 11.5. The quantitative estimate of drug-likeness (QED) is 0.737. The summed E-state index contributed by atoms with van der Waals surface area (Å²) < 4.78 is 2.37. The molecular weight excluding hydrogens is 272 g/mol. The molecule has 4 heteroatoms. The van der Waals surface area contributed by atoms with E-state index in [0.717, 1.165) is 53.6 Å². The molecule has 3 aromatic rings. The highest BCUT2D eigenvalue weighted by molar-refractivity contribution is 6.06. The van der Waals surface area contributed by atoms with Crippen molar-refractivity contribution in [3.63, 3.8) is 0 Å². The Labute approximate surface area is 131 Å². The molecule has 2 heterocycles. The minimum Gasteiger partial charge on any atom is -0.382 e. The number of nitrogen functional groups attached to an aromatic ring is 1. The Morgan fingerprint density at radius 1 is 1.05 bits per heavy atom. The molecule has 4 nitrogen and oxygen atoms in total. The summed E-state index contributed by atoms with van der Waals surface area (Å²) in [4.78, 5) is 9.35. The van der Waals surface area contributed by atoms with Crippen molar-refractivity contribution in [2.75, 3.05) is 5.73 Å². The van der Waals surface area contributed by atoms with Gasteiger partial charge in [0.15, 0.2) is 5.82 Å². The van der Waals surface area contributed by atoms with Gasteiger partial charge in [0, 0.05) is 18.4 Å². The molecule has 0 aliphatic heterocycles. The van der Waals surface area contributed by atoms with Crippen molar-refractivity contribution in [2.45, 2.75) is 52.5 Å². The van der Waals surface area contributed by atoms with E-state index in [-0.39, 0.29) is 0 Å². The summed E-state index contributed by atoms with van der Waals surface area (Å²) in [7, 11) is 0. The van der Waals surface area contributed by atoms with Crippen molar-refractivity contribution < 1.29 is 0 Å². The number of imidazole rings is 1. The lowest BCUT2D eigenvalue weighted by molar-refractivity contribution is 0.605. The molecule has 0 bridgehead atoms. The molecule has 0 fully saturated rings. The maximum Gasteiger partial charge on any atom is 0.152 e. The Morgan fingerprint density at radius 3 is 2.59 bits per heavy atom. The fourth-order valence-electron chi connectivity index (χ4n) is 2.99. The highest BCUT2D eigenvalue weighted by Gasteiger charge is 2.16. The second-order valence-electron chi connectivity index (χ2n) is 5.85. The fraction of sp³-hybridized carbons (Fsp3) is 0.444. The molecular formula is C18H24N4. The number of unbranched alkanes of at least 4 members (excludes halogenated alkanes) is 2. The van der Waals surface area contributed by atoms with E-state index in [2.05, 4.69) is 35.5 Å². The molecule has 2 aromatic heterocycles. The first-order valence-corrected chi connectivity index (χ1v) is 8.29. The van der Waals surface area contributed by atoms with Crippen LogP contribution < -0.4 is 5.73 Å². The summed E-state index contributed by atoms with van der Waals surface area (Å²) in [5.74, 6) is 1.69. The van der Waals surface area contributed by atoms with E-state index in [4.69, 9.17) is 10.7 Å². The van der Waals surface area contributed by atoms with Gasteiger partial charge in [0.25, 0.3) is 0 Å². The molecule has 0 amide bonds. The predicted molar refractivity (Wildman–Crippen MR) is 93.0 cm³/mol. The number of hydrogen-bond donors (Lipinski definition) is 1. The largest absolute Gasteiger partial charge is 0.382 e. The number of pyridine rings is 1. The molecule has 0 aliphatic rings. The molecule has 0 aliphatic carbocycles. The Bertz CT molecular complexity index is 788. The highest BCUT2D eigenvalue weighted by atomic mass is 15.1. The van der Waals surface area contributed by atoms with Crippen molar-refractivity contribution in [3.05, 3.63) is 30.1 Å². The number of nitrogens with two attached hydrogens (primary N) is 1. The van der Waals surface area contributed by atoms with Crippen LogP contribution in [0.1, 0.15) is 45.4 Å². The molecule has 0 unspecified atom stereocenters. The lowest BCUT2D eigenvalue weighted by atomic mass is 10.2. The minimum absolute atomic E-state index is 0.543. The zero-order valence-electron chi connectivity index (χ0n) is 13.5. The van der Waals surface area contributed by atoms with Crippen LogP contribution in [0, 0.1) is 0 Å². The van der Waals surface area contributed by atoms with Gasteiger partial charge in [0.1, 0.15) is 11.3 Å². The van der Waals surface area contributed by atoms with Crippen LogP contribution in [0.4, 0.5) is 5.82 Å². The number of rotatable bonds is 6. The zero-order chi connectivity index (χ0) is 15.5. The number of benzene rings is 1. The van der Waals surface area contributed by atoms with Crippen molar-refractivity contribution in [1.82, 2.24) is 14.5 Å². The van der Waals surface area contributed by atoms with Crippen LogP contribution in [0.15, 0.2) is 24.3 Å².